The molecule has 1 N–H and O–H groups in total. The average molecular weight is 272 g/mol. The van der Waals surface area contributed by atoms with Gasteiger partial charge >= 0.3 is 0 Å². The summed E-state index contributed by atoms with van der Waals surface area (Å²) >= 11 is 0. The van der Waals surface area contributed by atoms with Crippen molar-refractivity contribution in [3.05, 3.63) is 42.0 Å². The van der Waals surface area contributed by atoms with E-state index in [0.29, 0.717) is 6.04 Å². The minimum atomic E-state index is 0.260. The molecule has 0 spiro atoms. The largest absolute Gasteiger partial charge is 0.395 e. The van der Waals surface area contributed by atoms with E-state index in [2.05, 4.69) is 40.1 Å². The van der Waals surface area contributed by atoms with Gasteiger partial charge in [0.15, 0.2) is 0 Å². The Morgan fingerprint density at radius 2 is 2.30 bits per heavy atom. The van der Waals surface area contributed by atoms with Gasteiger partial charge < -0.3 is 5.11 Å². The first kappa shape index (κ1) is 13.3. The lowest BCUT2D eigenvalue weighted by atomic mass is 10.1. The summed E-state index contributed by atoms with van der Waals surface area (Å²) in [4.78, 5) is 6.35. The highest BCUT2D eigenvalue weighted by Crippen LogP contribution is 2.21. The van der Waals surface area contributed by atoms with Gasteiger partial charge in [-0.3, -0.25) is 4.90 Å². The number of rotatable bonds is 4. The molecule has 106 valence electrons. The van der Waals surface area contributed by atoms with Crippen molar-refractivity contribution in [2.45, 2.75) is 32.4 Å². The molecule has 1 atom stereocenters. The van der Waals surface area contributed by atoms with Crippen molar-refractivity contribution < 1.29 is 5.11 Å². The summed E-state index contributed by atoms with van der Waals surface area (Å²) in [7, 11) is 0. The Hall–Kier alpha value is -1.72. The summed E-state index contributed by atoms with van der Waals surface area (Å²) in [6.07, 6.45) is 5.54. The molecule has 2 heterocycles. The lowest BCUT2D eigenvalue weighted by Gasteiger charge is -2.23. The molecule has 1 aromatic carbocycles. The SMILES string of the molecule is Cc1cc(CN2CCC[C@@H]2CO)ccc1-n1cncn1. The third-order valence-electron chi connectivity index (χ3n) is 4.02. The van der Waals surface area contributed by atoms with Gasteiger partial charge in [-0.05, 0) is 43.5 Å². The fraction of sp³-hybridized carbons (Fsp3) is 0.467. The van der Waals surface area contributed by atoms with Gasteiger partial charge in [0.25, 0.3) is 0 Å². The molecule has 0 saturated carbocycles. The van der Waals surface area contributed by atoms with E-state index >= 15 is 0 Å². The lowest BCUT2D eigenvalue weighted by molar-refractivity contribution is 0.153. The molecule has 1 aromatic heterocycles. The minimum Gasteiger partial charge on any atom is -0.395 e. The topological polar surface area (TPSA) is 54.2 Å². The summed E-state index contributed by atoms with van der Waals surface area (Å²) in [5.74, 6) is 0. The van der Waals surface area contributed by atoms with Crippen LogP contribution in [0.4, 0.5) is 0 Å². The molecule has 0 amide bonds. The predicted octanol–water partition coefficient (Wildman–Crippen LogP) is 1.53. The Balaban J connectivity index is 1.77. The lowest BCUT2D eigenvalue weighted by Crippen LogP contribution is -2.31. The van der Waals surface area contributed by atoms with Crippen molar-refractivity contribution in [1.29, 1.82) is 0 Å². The van der Waals surface area contributed by atoms with E-state index in [0.717, 1.165) is 25.2 Å². The maximum atomic E-state index is 9.38. The van der Waals surface area contributed by atoms with Gasteiger partial charge in [0.05, 0.1) is 12.3 Å². The van der Waals surface area contributed by atoms with Crippen molar-refractivity contribution in [2.75, 3.05) is 13.2 Å². The average Bonchev–Trinajstić information content (AvgIpc) is 3.09. The van der Waals surface area contributed by atoms with E-state index < -0.39 is 0 Å². The fourth-order valence-electron chi connectivity index (χ4n) is 2.95. The molecule has 2 aromatic rings. The number of hydrogen-bond acceptors (Lipinski definition) is 4. The minimum absolute atomic E-state index is 0.260. The van der Waals surface area contributed by atoms with Gasteiger partial charge in [0.1, 0.15) is 12.7 Å². The van der Waals surface area contributed by atoms with Gasteiger partial charge in [-0.15, -0.1) is 0 Å². The molecular formula is C15H20N4O. The highest BCUT2D eigenvalue weighted by atomic mass is 16.3. The second-order valence-corrected chi connectivity index (χ2v) is 5.41. The number of aliphatic hydroxyl groups is 1. The molecular weight excluding hydrogens is 252 g/mol. The van der Waals surface area contributed by atoms with E-state index in [1.165, 1.54) is 17.5 Å². The molecule has 0 aliphatic carbocycles. The zero-order chi connectivity index (χ0) is 13.9. The molecule has 1 aliphatic rings. The Bertz CT molecular complexity index is 567. The number of aliphatic hydroxyl groups excluding tert-OH is 1. The summed E-state index contributed by atoms with van der Waals surface area (Å²) in [5, 5.41) is 13.5. The monoisotopic (exact) mass is 272 g/mol. The predicted molar refractivity (Wildman–Crippen MR) is 76.6 cm³/mol. The summed E-state index contributed by atoms with van der Waals surface area (Å²) in [6, 6.07) is 6.74. The van der Waals surface area contributed by atoms with Crippen LogP contribution in [0.15, 0.2) is 30.9 Å². The zero-order valence-corrected chi connectivity index (χ0v) is 11.7. The van der Waals surface area contributed by atoms with Crippen LogP contribution in [0.1, 0.15) is 24.0 Å². The molecule has 3 rings (SSSR count). The van der Waals surface area contributed by atoms with Gasteiger partial charge in [0, 0.05) is 12.6 Å². The summed E-state index contributed by atoms with van der Waals surface area (Å²) < 4.78 is 1.78. The highest BCUT2D eigenvalue weighted by molar-refractivity contribution is 5.41. The van der Waals surface area contributed by atoms with Gasteiger partial charge in [-0.25, -0.2) is 9.67 Å². The Labute approximate surface area is 118 Å². The Morgan fingerprint density at radius 3 is 3.00 bits per heavy atom. The van der Waals surface area contributed by atoms with E-state index in [1.54, 1.807) is 17.3 Å². The molecule has 1 fully saturated rings. The maximum Gasteiger partial charge on any atom is 0.138 e. The fourth-order valence-corrected chi connectivity index (χ4v) is 2.95. The van der Waals surface area contributed by atoms with Crippen molar-refractivity contribution >= 4 is 0 Å². The van der Waals surface area contributed by atoms with Crippen LogP contribution in [0.2, 0.25) is 0 Å². The number of likely N-dealkylation sites (tertiary alicyclic amines) is 1. The highest BCUT2D eigenvalue weighted by Gasteiger charge is 2.23. The zero-order valence-electron chi connectivity index (χ0n) is 11.7. The number of aromatic nitrogens is 3. The van der Waals surface area contributed by atoms with Crippen LogP contribution in [0, 0.1) is 6.92 Å². The standard InChI is InChI=1S/C15H20N4O/c1-12-7-13(8-18-6-2-3-14(18)9-20)4-5-15(12)19-11-16-10-17-19/h4-5,7,10-11,14,20H,2-3,6,8-9H2,1H3/t14-/m1/s1. The number of hydrogen-bond donors (Lipinski definition) is 1. The first-order valence-corrected chi connectivity index (χ1v) is 7.07. The van der Waals surface area contributed by atoms with Crippen LogP contribution < -0.4 is 0 Å². The van der Waals surface area contributed by atoms with Gasteiger partial charge in [-0.1, -0.05) is 12.1 Å². The van der Waals surface area contributed by atoms with Crippen LogP contribution in [-0.2, 0) is 6.54 Å². The Morgan fingerprint density at radius 1 is 1.40 bits per heavy atom. The van der Waals surface area contributed by atoms with Crippen LogP contribution >= 0.6 is 0 Å². The molecule has 5 heteroatoms. The number of aryl methyl sites for hydroxylation is 1. The third-order valence-corrected chi connectivity index (χ3v) is 4.02. The van der Waals surface area contributed by atoms with Gasteiger partial charge in [0.2, 0.25) is 0 Å². The first-order valence-electron chi connectivity index (χ1n) is 7.07. The molecule has 1 saturated heterocycles. The normalized spacial score (nSPS) is 19.6. The van der Waals surface area contributed by atoms with Crippen molar-refractivity contribution in [1.82, 2.24) is 19.7 Å². The van der Waals surface area contributed by atoms with Crippen LogP contribution in [-0.4, -0.2) is 44.0 Å². The van der Waals surface area contributed by atoms with E-state index in [-0.39, 0.29) is 6.61 Å². The second kappa shape index (κ2) is 5.73. The first-order chi connectivity index (χ1) is 9.78. The molecule has 0 bridgehead atoms. The molecule has 0 radical (unpaired) electrons. The smallest absolute Gasteiger partial charge is 0.138 e. The van der Waals surface area contributed by atoms with Crippen molar-refractivity contribution in [2.24, 2.45) is 0 Å². The van der Waals surface area contributed by atoms with E-state index in [1.807, 2.05) is 0 Å². The molecule has 5 nitrogen and oxygen atoms in total. The second-order valence-electron chi connectivity index (χ2n) is 5.41. The summed E-state index contributed by atoms with van der Waals surface area (Å²) in [5.41, 5.74) is 3.53. The van der Waals surface area contributed by atoms with E-state index in [9.17, 15) is 5.11 Å². The van der Waals surface area contributed by atoms with Crippen molar-refractivity contribution in [3.8, 4) is 5.69 Å². The Kier molecular flexibility index (Phi) is 3.80. The maximum absolute atomic E-state index is 9.38. The van der Waals surface area contributed by atoms with Gasteiger partial charge in [-0.2, -0.15) is 5.10 Å². The molecule has 0 unspecified atom stereocenters. The van der Waals surface area contributed by atoms with Crippen LogP contribution in [0.5, 0.6) is 0 Å². The third kappa shape index (κ3) is 2.59. The number of nitrogens with zero attached hydrogens (tertiary/aromatic N) is 4. The van der Waals surface area contributed by atoms with E-state index in [4.69, 9.17) is 0 Å². The van der Waals surface area contributed by atoms with Crippen LogP contribution in [0.3, 0.4) is 0 Å². The summed E-state index contributed by atoms with van der Waals surface area (Å²) in [6.45, 7) is 4.34. The quantitative estimate of drug-likeness (QED) is 0.917. The molecule has 20 heavy (non-hydrogen) atoms. The molecule has 1 aliphatic heterocycles. The van der Waals surface area contributed by atoms with Crippen LogP contribution in [0.25, 0.3) is 5.69 Å². The van der Waals surface area contributed by atoms with Crippen molar-refractivity contribution in [3.63, 3.8) is 0 Å². The number of benzene rings is 1.